The summed E-state index contributed by atoms with van der Waals surface area (Å²) in [4.78, 5) is 15.3. The number of halogens is 4. The highest BCUT2D eigenvalue weighted by Crippen LogP contribution is 2.54. The molecule has 2 aromatic carbocycles. The van der Waals surface area contributed by atoms with Gasteiger partial charge in [-0.3, -0.25) is 9.69 Å². The van der Waals surface area contributed by atoms with E-state index in [1.807, 2.05) is 0 Å². The molecule has 5 rings (SSSR count). The fourth-order valence-corrected chi connectivity index (χ4v) is 6.43. The van der Waals surface area contributed by atoms with Gasteiger partial charge in [0.1, 0.15) is 11.6 Å². The molecule has 182 valence electrons. The summed E-state index contributed by atoms with van der Waals surface area (Å²) >= 11 is 0. The zero-order chi connectivity index (χ0) is 23.9. The molecule has 1 saturated heterocycles. The second-order valence-electron chi connectivity index (χ2n) is 10.4. The predicted octanol–water partition coefficient (Wildman–Crippen LogP) is 6.64. The topological polar surface area (TPSA) is 20.3 Å². The SMILES string of the molecule is O=C(CCCc1cc(F)cc(C(F)(F)F)c1)C1[C@H]2CN(C3CCC(c4ccccc4)CC3)C[C@@H]12. The Morgan fingerprint density at radius 1 is 0.941 bits per heavy atom. The number of hydrogen-bond donors (Lipinski definition) is 0. The van der Waals surface area contributed by atoms with Crippen LogP contribution in [0.1, 0.15) is 61.1 Å². The van der Waals surface area contributed by atoms with Crippen molar-refractivity contribution in [2.24, 2.45) is 17.8 Å². The molecular weight excluding hydrogens is 442 g/mol. The third-order valence-corrected chi connectivity index (χ3v) is 8.25. The molecule has 34 heavy (non-hydrogen) atoms. The van der Waals surface area contributed by atoms with Crippen molar-refractivity contribution >= 4 is 5.78 Å². The van der Waals surface area contributed by atoms with Crippen molar-refractivity contribution in [3.63, 3.8) is 0 Å². The van der Waals surface area contributed by atoms with Crippen LogP contribution in [0.3, 0.4) is 0 Å². The summed E-state index contributed by atoms with van der Waals surface area (Å²) in [7, 11) is 0. The van der Waals surface area contributed by atoms with Gasteiger partial charge in [0.15, 0.2) is 0 Å². The molecule has 2 saturated carbocycles. The molecule has 1 heterocycles. The Balaban J connectivity index is 1.05. The zero-order valence-electron chi connectivity index (χ0n) is 19.2. The van der Waals surface area contributed by atoms with Crippen molar-refractivity contribution in [2.75, 3.05) is 13.1 Å². The summed E-state index contributed by atoms with van der Waals surface area (Å²) < 4.78 is 52.2. The number of rotatable bonds is 7. The van der Waals surface area contributed by atoms with E-state index in [1.54, 1.807) is 0 Å². The molecule has 3 atom stereocenters. The summed E-state index contributed by atoms with van der Waals surface area (Å²) in [5, 5.41) is 0. The third kappa shape index (κ3) is 5.07. The van der Waals surface area contributed by atoms with Gasteiger partial charge in [0.2, 0.25) is 0 Å². The van der Waals surface area contributed by atoms with Gasteiger partial charge in [-0.25, -0.2) is 4.39 Å². The molecule has 0 amide bonds. The predicted molar refractivity (Wildman–Crippen MR) is 123 cm³/mol. The Kier molecular flexibility index (Phi) is 6.54. The van der Waals surface area contributed by atoms with Crippen molar-refractivity contribution in [2.45, 2.75) is 63.1 Å². The minimum atomic E-state index is -4.56. The van der Waals surface area contributed by atoms with Crippen molar-refractivity contribution in [1.82, 2.24) is 4.90 Å². The maximum Gasteiger partial charge on any atom is 0.416 e. The Labute approximate surface area is 198 Å². The molecule has 2 aromatic rings. The van der Waals surface area contributed by atoms with E-state index in [9.17, 15) is 22.4 Å². The van der Waals surface area contributed by atoms with Gasteiger partial charge in [0.05, 0.1) is 5.56 Å². The number of Topliss-reactive ketones (excluding diaryl/α,β-unsaturated/α-hetero) is 1. The monoisotopic (exact) mass is 473 g/mol. The first-order valence-electron chi connectivity index (χ1n) is 12.5. The quantitative estimate of drug-likeness (QED) is 0.420. The van der Waals surface area contributed by atoms with E-state index in [4.69, 9.17) is 0 Å². The molecule has 2 nitrogen and oxygen atoms in total. The highest BCUT2D eigenvalue weighted by atomic mass is 19.4. The van der Waals surface area contributed by atoms with E-state index >= 15 is 0 Å². The average Bonchev–Trinajstić information content (AvgIpc) is 3.32. The number of hydrogen-bond acceptors (Lipinski definition) is 2. The van der Waals surface area contributed by atoms with Crippen LogP contribution in [0, 0.1) is 23.6 Å². The number of piperidine rings is 1. The highest BCUT2D eigenvalue weighted by molar-refractivity contribution is 5.84. The molecule has 1 aliphatic heterocycles. The number of fused-ring (bicyclic) bond motifs is 1. The Bertz CT molecular complexity index is 1000. The highest BCUT2D eigenvalue weighted by Gasteiger charge is 2.59. The number of benzene rings is 2. The molecule has 6 heteroatoms. The van der Waals surface area contributed by atoms with Crippen LogP contribution in [0.4, 0.5) is 17.6 Å². The summed E-state index contributed by atoms with van der Waals surface area (Å²) in [6.07, 6.45) is 1.41. The van der Waals surface area contributed by atoms with E-state index in [2.05, 4.69) is 35.2 Å². The van der Waals surface area contributed by atoms with Crippen molar-refractivity contribution in [1.29, 1.82) is 0 Å². The normalized spacial score (nSPS) is 29.1. The lowest BCUT2D eigenvalue weighted by Gasteiger charge is -2.36. The number of aryl methyl sites for hydroxylation is 1. The second-order valence-corrected chi connectivity index (χ2v) is 10.4. The first kappa shape index (κ1) is 23.5. The van der Waals surface area contributed by atoms with Crippen LogP contribution < -0.4 is 0 Å². The molecule has 3 aliphatic rings. The molecule has 0 spiro atoms. The molecule has 0 bridgehead atoms. The largest absolute Gasteiger partial charge is 0.416 e. The maximum atomic E-state index is 13.6. The first-order chi connectivity index (χ1) is 16.3. The lowest BCUT2D eigenvalue weighted by atomic mass is 9.81. The Hall–Kier alpha value is -2.21. The smallest absolute Gasteiger partial charge is 0.300 e. The third-order valence-electron chi connectivity index (χ3n) is 8.25. The number of carbonyl (C=O) groups is 1. The van der Waals surface area contributed by atoms with Gasteiger partial charge >= 0.3 is 6.18 Å². The van der Waals surface area contributed by atoms with Crippen molar-refractivity contribution < 1.29 is 22.4 Å². The van der Waals surface area contributed by atoms with Crippen molar-refractivity contribution in [3.8, 4) is 0 Å². The van der Waals surface area contributed by atoms with Crippen LogP contribution in [0.2, 0.25) is 0 Å². The van der Waals surface area contributed by atoms with E-state index in [1.165, 1.54) is 31.2 Å². The van der Waals surface area contributed by atoms with Crippen LogP contribution in [-0.2, 0) is 17.4 Å². The summed E-state index contributed by atoms with van der Waals surface area (Å²) in [5.74, 6) is 1.03. The van der Waals surface area contributed by atoms with Gasteiger partial charge in [-0.05, 0) is 85.6 Å². The van der Waals surface area contributed by atoms with Gasteiger partial charge in [-0.15, -0.1) is 0 Å². The Morgan fingerprint density at radius 2 is 1.62 bits per heavy atom. The van der Waals surface area contributed by atoms with Crippen LogP contribution in [-0.4, -0.2) is 29.8 Å². The molecule has 2 aliphatic carbocycles. The summed E-state index contributed by atoms with van der Waals surface area (Å²) in [5.41, 5.74) is 0.778. The van der Waals surface area contributed by atoms with Gasteiger partial charge in [-0.2, -0.15) is 13.2 Å². The van der Waals surface area contributed by atoms with Gasteiger partial charge in [0.25, 0.3) is 0 Å². The molecule has 0 N–H and O–H groups in total. The number of alkyl halides is 3. The standard InChI is InChI=1S/C28H31F4NO/c29-22-14-18(13-21(15-22)28(30,31)32)5-4-8-26(34)27-24-16-33(17-25(24)27)23-11-9-20(10-12-23)19-6-2-1-3-7-19/h1-3,6-7,13-15,20,23-25,27H,4-5,8-12,16-17H2/t20?,23?,24-,25+,27?. The molecular formula is C28H31F4NO. The van der Waals surface area contributed by atoms with E-state index in [0.29, 0.717) is 48.3 Å². The minimum Gasteiger partial charge on any atom is -0.300 e. The average molecular weight is 474 g/mol. The van der Waals surface area contributed by atoms with Gasteiger partial charge in [-0.1, -0.05) is 30.3 Å². The number of ketones is 1. The summed E-state index contributed by atoms with van der Waals surface area (Å²) in [6, 6.07) is 14.0. The van der Waals surface area contributed by atoms with E-state index < -0.39 is 17.6 Å². The zero-order valence-corrected chi connectivity index (χ0v) is 19.2. The number of nitrogens with zero attached hydrogens (tertiary/aromatic N) is 1. The second kappa shape index (κ2) is 9.44. The van der Waals surface area contributed by atoms with E-state index in [-0.39, 0.29) is 18.1 Å². The van der Waals surface area contributed by atoms with Crippen LogP contribution >= 0.6 is 0 Å². The fraction of sp³-hybridized carbons (Fsp3) is 0.536. The van der Waals surface area contributed by atoms with Crippen LogP contribution in [0.5, 0.6) is 0 Å². The van der Waals surface area contributed by atoms with Crippen LogP contribution in [0.15, 0.2) is 48.5 Å². The maximum absolute atomic E-state index is 13.6. The molecule has 1 unspecified atom stereocenters. The number of likely N-dealkylation sites (tertiary alicyclic amines) is 1. The number of carbonyl (C=O) groups excluding carboxylic acids is 1. The minimum absolute atomic E-state index is 0.121. The Morgan fingerprint density at radius 3 is 2.26 bits per heavy atom. The molecule has 3 fully saturated rings. The fourth-order valence-electron chi connectivity index (χ4n) is 6.43. The van der Waals surface area contributed by atoms with Crippen molar-refractivity contribution in [3.05, 3.63) is 71.0 Å². The molecule has 0 radical (unpaired) electrons. The van der Waals surface area contributed by atoms with E-state index in [0.717, 1.165) is 25.2 Å². The first-order valence-corrected chi connectivity index (χ1v) is 12.5. The summed E-state index contributed by atoms with van der Waals surface area (Å²) in [6.45, 7) is 2.00. The molecule has 0 aromatic heterocycles. The lowest BCUT2D eigenvalue weighted by Crippen LogP contribution is -2.38. The lowest BCUT2D eigenvalue weighted by molar-refractivity contribution is -0.137. The van der Waals surface area contributed by atoms with Gasteiger partial charge in [0, 0.05) is 31.5 Å². The van der Waals surface area contributed by atoms with Gasteiger partial charge < -0.3 is 0 Å². The van der Waals surface area contributed by atoms with Crippen LogP contribution in [0.25, 0.3) is 0 Å².